The molecule has 0 saturated carbocycles. The van der Waals surface area contributed by atoms with Gasteiger partial charge in [-0.15, -0.1) is 0 Å². The van der Waals surface area contributed by atoms with Crippen LogP contribution in [-0.4, -0.2) is 28.2 Å². The number of hydrogen-bond donors (Lipinski definition) is 2. The first-order valence-corrected chi connectivity index (χ1v) is 6.07. The van der Waals surface area contributed by atoms with E-state index in [1.54, 1.807) is 19.1 Å². The van der Waals surface area contributed by atoms with Crippen LogP contribution in [0.4, 0.5) is 0 Å². The standard InChI is InChI=1S/C14H14N2O4/c1-9-7-12(20-16-9)13(17)15-11(14(18)19)8-10-5-3-2-4-6-10/h2-7,11H,8H2,1H3,(H,15,17)(H,18,19)/t11-/m0/s1. The molecular formula is C14H14N2O4. The number of carboxylic acid groups (broad SMARTS) is 1. The molecule has 0 aliphatic carbocycles. The van der Waals surface area contributed by atoms with Crippen LogP contribution >= 0.6 is 0 Å². The molecule has 1 aromatic heterocycles. The number of nitrogens with one attached hydrogen (secondary N) is 1. The van der Waals surface area contributed by atoms with Crippen molar-refractivity contribution in [2.24, 2.45) is 0 Å². The van der Waals surface area contributed by atoms with Crippen LogP contribution in [0.3, 0.4) is 0 Å². The van der Waals surface area contributed by atoms with Crippen molar-refractivity contribution in [3.63, 3.8) is 0 Å². The lowest BCUT2D eigenvalue weighted by Gasteiger charge is -2.13. The van der Waals surface area contributed by atoms with Crippen molar-refractivity contribution < 1.29 is 19.2 Å². The van der Waals surface area contributed by atoms with Gasteiger partial charge in [0.1, 0.15) is 6.04 Å². The van der Waals surface area contributed by atoms with Crippen molar-refractivity contribution in [2.75, 3.05) is 0 Å². The Morgan fingerprint density at radius 1 is 1.35 bits per heavy atom. The number of aromatic nitrogens is 1. The zero-order valence-electron chi connectivity index (χ0n) is 10.9. The molecule has 20 heavy (non-hydrogen) atoms. The molecule has 6 nitrogen and oxygen atoms in total. The number of carbonyl (C=O) groups is 2. The molecule has 2 N–H and O–H groups in total. The Morgan fingerprint density at radius 2 is 2.05 bits per heavy atom. The molecule has 0 aliphatic heterocycles. The summed E-state index contributed by atoms with van der Waals surface area (Å²) in [6, 6.07) is 9.52. The second-order valence-electron chi connectivity index (χ2n) is 4.39. The number of aliphatic carboxylic acids is 1. The fourth-order valence-corrected chi connectivity index (χ4v) is 1.75. The number of carbonyl (C=O) groups excluding carboxylic acids is 1. The third-order valence-corrected chi connectivity index (χ3v) is 2.74. The highest BCUT2D eigenvalue weighted by molar-refractivity contribution is 5.94. The Balaban J connectivity index is 2.06. The predicted molar refractivity (Wildman–Crippen MR) is 70.3 cm³/mol. The number of amides is 1. The lowest BCUT2D eigenvalue weighted by Crippen LogP contribution is -2.42. The summed E-state index contributed by atoms with van der Waals surface area (Å²) in [6.07, 6.45) is 0.203. The number of benzene rings is 1. The van der Waals surface area contributed by atoms with Gasteiger partial charge in [-0.25, -0.2) is 4.79 Å². The van der Waals surface area contributed by atoms with E-state index in [2.05, 4.69) is 10.5 Å². The van der Waals surface area contributed by atoms with Gasteiger partial charge in [0.2, 0.25) is 5.76 Å². The Hall–Kier alpha value is -2.63. The Kier molecular flexibility index (Phi) is 4.14. The monoisotopic (exact) mass is 274 g/mol. The molecule has 6 heteroatoms. The molecule has 0 unspecified atom stereocenters. The average Bonchev–Trinajstić information content (AvgIpc) is 2.86. The van der Waals surface area contributed by atoms with Crippen molar-refractivity contribution in [2.45, 2.75) is 19.4 Å². The summed E-state index contributed by atoms with van der Waals surface area (Å²) in [7, 11) is 0. The second kappa shape index (κ2) is 6.01. The molecule has 0 spiro atoms. The highest BCUT2D eigenvalue weighted by atomic mass is 16.5. The number of nitrogens with zero attached hydrogens (tertiary/aromatic N) is 1. The molecule has 0 fully saturated rings. The number of carboxylic acids is 1. The number of hydrogen-bond acceptors (Lipinski definition) is 4. The molecular weight excluding hydrogens is 260 g/mol. The van der Waals surface area contributed by atoms with E-state index in [0.717, 1.165) is 5.56 Å². The van der Waals surface area contributed by atoms with E-state index in [1.807, 2.05) is 18.2 Å². The van der Waals surface area contributed by atoms with Crippen molar-refractivity contribution in [1.82, 2.24) is 10.5 Å². The molecule has 1 atom stereocenters. The number of rotatable bonds is 5. The van der Waals surface area contributed by atoms with E-state index in [1.165, 1.54) is 6.07 Å². The fraction of sp³-hybridized carbons (Fsp3) is 0.214. The van der Waals surface area contributed by atoms with E-state index in [9.17, 15) is 14.7 Å². The van der Waals surface area contributed by atoms with E-state index in [0.29, 0.717) is 5.69 Å². The Bertz CT molecular complexity index is 607. The molecule has 0 radical (unpaired) electrons. The third-order valence-electron chi connectivity index (χ3n) is 2.74. The zero-order valence-corrected chi connectivity index (χ0v) is 10.9. The first-order valence-electron chi connectivity index (χ1n) is 6.07. The predicted octanol–water partition coefficient (Wildman–Crippen LogP) is 1.41. The maximum Gasteiger partial charge on any atom is 0.326 e. The van der Waals surface area contributed by atoms with Gasteiger partial charge in [-0.1, -0.05) is 35.5 Å². The largest absolute Gasteiger partial charge is 0.480 e. The fourth-order valence-electron chi connectivity index (χ4n) is 1.75. The SMILES string of the molecule is Cc1cc(C(=O)N[C@@H](Cc2ccccc2)C(=O)O)on1. The van der Waals surface area contributed by atoms with Gasteiger partial charge in [-0.2, -0.15) is 0 Å². The van der Waals surface area contributed by atoms with Crippen LogP contribution in [0.2, 0.25) is 0 Å². The maximum absolute atomic E-state index is 11.9. The summed E-state index contributed by atoms with van der Waals surface area (Å²) in [5, 5.41) is 15.2. The molecule has 0 saturated heterocycles. The molecule has 2 aromatic rings. The summed E-state index contributed by atoms with van der Waals surface area (Å²) in [6.45, 7) is 1.68. The quantitative estimate of drug-likeness (QED) is 0.860. The van der Waals surface area contributed by atoms with Crippen LogP contribution in [0.5, 0.6) is 0 Å². The first kappa shape index (κ1) is 13.8. The van der Waals surface area contributed by atoms with Gasteiger partial charge in [0.15, 0.2) is 0 Å². The van der Waals surface area contributed by atoms with Gasteiger partial charge in [0, 0.05) is 12.5 Å². The van der Waals surface area contributed by atoms with E-state index < -0.39 is 17.9 Å². The molecule has 0 bridgehead atoms. The minimum atomic E-state index is -1.10. The summed E-state index contributed by atoms with van der Waals surface area (Å²) in [5.41, 5.74) is 1.39. The van der Waals surface area contributed by atoms with E-state index in [-0.39, 0.29) is 12.2 Å². The van der Waals surface area contributed by atoms with Crippen LogP contribution in [0.25, 0.3) is 0 Å². The lowest BCUT2D eigenvalue weighted by atomic mass is 10.1. The van der Waals surface area contributed by atoms with Crippen LogP contribution < -0.4 is 5.32 Å². The first-order chi connectivity index (χ1) is 9.56. The van der Waals surface area contributed by atoms with Crippen LogP contribution in [0.1, 0.15) is 21.8 Å². The maximum atomic E-state index is 11.9. The second-order valence-corrected chi connectivity index (χ2v) is 4.39. The zero-order chi connectivity index (χ0) is 14.5. The topological polar surface area (TPSA) is 92.4 Å². The molecule has 1 amide bonds. The lowest BCUT2D eigenvalue weighted by molar-refractivity contribution is -0.139. The molecule has 1 heterocycles. The van der Waals surface area contributed by atoms with Crippen LogP contribution in [0.15, 0.2) is 40.9 Å². The smallest absolute Gasteiger partial charge is 0.326 e. The summed E-state index contributed by atoms with van der Waals surface area (Å²) in [4.78, 5) is 23.1. The normalized spacial score (nSPS) is 11.8. The highest BCUT2D eigenvalue weighted by Crippen LogP contribution is 2.06. The Labute approximate surface area is 115 Å². The molecule has 104 valence electrons. The van der Waals surface area contributed by atoms with Gasteiger partial charge in [0.05, 0.1) is 5.69 Å². The Morgan fingerprint density at radius 3 is 2.60 bits per heavy atom. The molecule has 0 aliphatic rings. The van der Waals surface area contributed by atoms with Gasteiger partial charge >= 0.3 is 5.97 Å². The summed E-state index contributed by atoms with van der Waals surface area (Å²) < 4.78 is 4.80. The number of aryl methyl sites for hydroxylation is 1. The van der Waals surface area contributed by atoms with E-state index in [4.69, 9.17) is 4.52 Å². The highest BCUT2D eigenvalue weighted by Gasteiger charge is 2.22. The van der Waals surface area contributed by atoms with Crippen molar-refractivity contribution in [3.8, 4) is 0 Å². The van der Waals surface area contributed by atoms with Crippen molar-refractivity contribution >= 4 is 11.9 Å². The third kappa shape index (κ3) is 3.44. The van der Waals surface area contributed by atoms with Crippen molar-refractivity contribution in [3.05, 3.63) is 53.4 Å². The van der Waals surface area contributed by atoms with Gasteiger partial charge in [0.25, 0.3) is 5.91 Å². The summed E-state index contributed by atoms with van der Waals surface area (Å²) in [5.74, 6) is -1.69. The van der Waals surface area contributed by atoms with Gasteiger partial charge < -0.3 is 14.9 Å². The van der Waals surface area contributed by atoms with Crippen LogP contribution in [-0.2, 0) is 11.2 Å². The van der Waals surface area contributed by atoms with Crippen molar-refractivity contribution in [1.29, 1.82) is 0 Å². The summed E-state index contributed by atoms with van der Waals surface area (Å²) >= 11 is 0. The molecule has 2 rings (SSSR count). The van der Waals surface area contributed by atoms with Crippen LogP contribution in [0, 0.1) is 6.92 Å². The van der Waals surface area contributed by atoms with Gasteiger partial charge in [-0.3, -0.25) is 4.79 Å². The van der Waals surface area contributed by atoms with Gasteiger partial charge in [-0.05, 0) is 12.5 Å². The minimum Gasteiger partial charge on any atom is -0.480 e. The molecule has 1 aromatic carbocycles. The van der Waals surface area contributed by atoms with E-state index >= 15 is 0 Å². The minimum absolute atomic E-state index is 0.00168. The average molecular weight is 274 g/mol.